The molecule has 2 heterocycles. The maximum Gasteiger partial charge on any atom is 0.410 e. The van der Waals surface area contributed by atoms with Crippen LogP contribution in [0.3, 0.4) is 0 Å². The standard InChI is InChI=1S/C21H40N4O3/c1-6-22-19(24-14-10-18(11-15-24)27-7-2)23-16-17-8-12-25(13-9-17)20(26)28-21(3,4)5/h17-18H,6-16H2,1-5H3,(H,22,23). The van der Waals surface area contributed by atoms with Crippen molar-refractivity contribution in [3.8, 4) is 0 Å². The number of hydrogen-bond acceptors (Lipinski definition) is 4. The van der Waals surface area contributed by atoms with Crippen molar-refractivity contribution in [2.45, 2.75) is 72.0 Å². The summed E-state index contributed by atoms with van der Waals surface area (Å²) < 4.78 is 11.2. The van der Waals surface area contributed by atoms with Crippen LogP contribution in [0.15, 0.2) is 4.99 Å². The van der Waals surface area contributed by atoms with Crippen LogP contribution in [0.2, 0.25) is 0 Å². The van der Waals surface area contributed by atoms with Gasteiger partial charge in [0.1, 0.15) is 5.60 Å². The van der Waals surface area contributed by atoms with Gasteiger partial charge >= 0.3 is 6.09 Å². The first-order valence-corrected chi connectivity index (χ1v) is 10.9. The highest BCUT2D eigenvalue weighted by molar-refractivity contribution is 5.80. The van der Waals surface area contributed by atoms with E-state index in [1.54, 1.807) is 0 Å². The van der Waals surface area contributed by atoms with Crippen molar-refractivity contribution in [1.29, 1.82) is 0 Å². The summed E-state index contributed by atoms with van der Waals surface area (Å²) in [6, 6.07) is 0. The number of ether oxygens (including phenoxy) is 2. The lowest BCUT2D eigenvalue weighted by Crippen LogP contribution is -2.47. The SMILES string of the molecule is CCNC(=NCC1CCN(C(=O)OC(C)(C)C)CC1)N1CCC(OCC)CC1. The van der Waals surface area contributed by atoms with E-state index in [9.17, 15) is 4.79 Å². The zero-order valence-electron chi connectivity index (χ0n) is 18.5. The van der Waals surface area contributed by atoms with Gasteiger partial charge in [0.05, 0.1) is 6.10 Å². The molecule has 0 bridgehead atoms. The number of likely N-dealkylation sites (tertiary alicyclic amines) is 2. The van der Waals surface area contributed by atoms with Gasteiger partial charge in [-0.05, 0) is 66.2 Å². The molecule has 1 amide bonds. The van der Waals surface area contributed by atoms with Crippen molar-refractivity contribution in [1.82, 2.24) is 15.1 Å². The lowest BCUT2D eigenvalue weighted by Gasteiger charge is -2.35. The van der Waals surface area contributed by atoms with Crippen LogP contribution in [0, 0.1) is 5.92 Å². The number of nitrogens with zero attached hydrogens (tertiary/aromatic N) is 3. The first-order chi connectivity index (χ1) is 13.3. The number of carbonyl (C=O) groups excluding carboxylic acids is 1. The van der Waals surface area contributed by atoms with E-state index < -0.39 is 5.60 Å². The van der Waals surface area contributed by atoms with Crippen molar-refractivity contribution in [2.75, 3.05) is 45.9 Å². The lowest BCUT2D eigenvalue weighted by atomic mass is 9.97. The molecule has 162 valence electrons. The number of amides is 1. The molecule has 28 heavy (non-hydrogen) atoms. The molecular formula is C21H40N4O3. The van der Waals surface area contributed by atoms with Gasteiger partial charge in [-0.2, -0.15) is 0 Å². The summed E-state index contributed by atoms with van der Waals surface area (Å²) >= 11 is 0. The number of rotatable bonds is 5. The molecule has 0 aromatic carbocycles. The predicted octanol–water partition coefficient (Wildman–Crippen LogP) is 3.10. The fourth-order valence-corrected chi connectivity index (χ4v) is 3.74. The number of guanidine groups is 1. The Morgan fingerprint density at radius 1 is 1.04 bits per heavy atom. The van der Waals surface area contributed by atoms with Crippen LogP contribution in [0.1, 0.15) is 60.3 Å². The van der Waals surface area contributed by atoms with Crippen molar-refractivity contribution < 1.29 is 14.3 Å². The maximum atomic E-state index is 12.2. The second-order valence-corrected chi connectivity index (χ2v) is 8.75. The quantitative estimate of drug-likeness (QED) is 0.571. The number of aliphatic imine (C=N–C) groups is 1. The van der Waals surface area contributed by atoms with Gasteiger partial charge in [0, 0.05) is 45.9 Å². The number of piperidine rings is 2. The number of nitrogens with one attached hydrogen (secondary N) is 1. The molecule has 7 heteroatoms. The molecule has 0 aliphatic carbocycles. The van der Waals surface area contributed by atoms with Gasteiger partial charge in [0.2, 0.25) is 0 Å². The molecule has 0 atom stereocenters. The Labute approximate surface area is 170 Å². The van der Waals surface area contributed by atoms with E-state index in [4.69, 9.17) is 14.5 Å². The van der Waals surface area contributed by atoms with E-state index in [-0.39, 0.29) is 6.09 Å². The predicted molar refractivity (Wildman–Crippen MR) is 113 cm³/mol. The van der Waals surface area contributed by atoms with Gasteiger partial charge in [-0.1, -0.05) is 0 Å². The third kappa shape index (κ3) is 7.49. The van der Waals surface area contributed by atoms with Crippen LogP contribution in [-0.4, -0.2) is 79.4 Å². The molecule has 0 saturated carbocycles. The first kappa shape index (κ1) is 22.8. The highest BCUT2D eigenvalue weighted by Crippen LogP contribution is 2.20. The van der Waals surface area contributed by atoms with Crippen molar-refractivity contribution in [2.24, 2.45) is 10.9 Å². The number of carbonyl (C=O) groups is 1. The second-order valence-electron chi connectivity index (χ2n) is 8.75. The fraction of sp³-hybridized carbons (Fsp3) is 0.905. The normalized spacial score (nSPS) is 20.4. The summed E-state index contributed by atoms with van der Waals surface area (Å²) in [6.07, 6.45) is 4.28. The Balaban J connectivity index is 1.80. The fourth-order valence-electron chi connectivity index (χ4n) is 3.74. The minimum atomic E-state index is -0.436. The highest BCUT2D eigenvalue weighted by atomic mass is 16.6. The van der Waals surface area contributed by atoms with E-state index >= 15 is 0 Å². The third-order valence-electron chi connectivity index (χ3n) is 5.24. The van der Waals surface area contributed by atoms with Gasteiger partial charge in [0.25, 0.3) is 0 Å². The van der Waals surface area contributed by atoms with Crippen LogP contribution in [0.4, 0.5) is 4.79 Å². The Bertz CT molecular complexity index is 502. The Hall–Kier alpha value is -1.50. The number of hydrogen-bond donors (Lipinski definition) is 1. The van der Waals surface area contributed by atoms with Gasteiger partial charge < -0.3 is 24.6 Å². The molecular weight excluding hydrogens is 356 g/mol. The zero-order valence-corrected chi connectivity index (χ0v) is 18.5. The summed E-state index contributed by atoms with van der Waals surface area (Å²) in [5.41, 5.74) is -0.436. The van der Waals surface area contributed by atoms with Gasteiger partial charge in [0.15, 0.2) is 5.96 Å². The van der Waals surface area contributed by atoms with Crippen LogP contribution < -0.4 is 5.32 Å². The topological polar surface area (TPSA) is 66.4 Å². The summed E-state index contributed by atoms with van der Waals surface area (Å²) in [5.74, 6) is 1.54. The van der Waals surface area contributed by atoms with Crippen LogP contribution in [-0.2, 0) is 9.47 Å². The smallest absolute Gasteiger partial charge is 0.410 e. The molecule has 0 aromatic rings. The van der Waals surface area contributed by atoms with Gasteiger partial charge in [-0.15, -0.1) is 0 Å². The van der Waals surface area contributed by atoms with Crippen molar-refractivity contribution in [3.05, 3.63) is 0 Å². The summed E-state index contributed by atoms with van der Waals surface area (Å²) in [6.45, 7) is 15.9. The van der Waals surface area contributed by atoms with Gasteiger partial charge in [-0.25, -0.2) is 4.79 Å². The second kappa shape index (κ2) is 10.9. The van der Waals surface area contributed by atoms with Crippen molar-refractivity contribution in [3.63, 3.8) is 0 Å². The molecule has 2 aliphatic heterocycles. The largest absolute Gasteiger partial charge is 0.444 e. The summed E-state index contributed by atoms with van der Waals surface area (Å²) in [4.78, 5) is 21.3. The Morgan fingerprint density at radius 2 is 1.64 bits per heavy atom. The molecule has 2 rings (SSSR count). The molecule has 2 aliphatic rings. The van der Waals surface area contributed by atoms with Crippen molar-refractivity contribution >= 4 is 12.1 Å². The minimum absolute atomic E-state index is 0.194. The molecule has 0 spiro atoms. The monoisotopic (exact) mass is 396 g/mol. The summed E-state index contributed by atoms with van der Waals surface area (Å²) in [5, 5.41) is 3.44. The van der Waals surface area contributed by atoms with E-state index in [1.807, 2.05) is 25.7 Å². The molecule has 2 fully saturated rings. The van der Waals surface area contributed by atoms with Crippen LogP contribution >= 0.6 is 0 Å². The maximum absolute atomic E-state index is 12.2. The van der Waals surface area contributed by atoms with E-state index in [0.29, 0.717) is 12.0 Å². The molecule has 0 radical (unpaired) electrons. The molecule has 0 aromatic heterocycles. The lowest BCUT2D eigenvalue weighted by molar-refractivity contribution is 0.0185. The molecule has 1 N–H and O–H groups in total. The average molecular weight is 397 g/mol. The highest BCUT2D eigenvalue weighted by Gasteiger charge is 2.27. The molecule has 2 saturated heterocycles. The average Bonchev–Trinajstić information content (AvgIpc) is 2.65. The van der Waals surface area contributed by atoms with E-state index in [0.717, 1.165) is 77.5 Å². The molecule has 0 unspecified atom stereocenters. The van der Waals surface area contributed by atoms with Gasteiger partial charge in [-0.3, -0.25) is 4.99 Å². The summed E-state index contributed by atoms with van der Waals surface area (Å²) in [7, 11) is 0. The van der Waals surface area contributed by atoms with Crippen LogP contribution in [0.25, 0.3) is 0 Å². The zero-order chi connectivity index (χ0) is 20.6. The minimum Gasteiger partial charge on any atom is -0.444 e. The Morgan fingerprint density at radius 3 is 2.18 bits per heavy atom. The Kier molecular flexibility index (Phi) is 8.86. The third-order valence-corrected chi connectivity index (χ3v) is 5.24. The first-order valence-electron chi connectivity index (χ1n) is 10.9. The van der Waals surface area contributed by atoms with E-state index in [2.05, 4.69) is 24.1 Å². The van der Waals surface area contributed by atoms with Crippen LogP contribution in [0.5, 0.6) is 0 Å². The molecule has 7 nitrogen and oxygen atoms in total. The van der Waals surface area contributed by atoms with E-state index in [1.165, 1.54) is 0 Å².